The lowest BCUT2D eigenvalue weighted by molar-refractivity contribution is 0.315. The Balaban J connectivity index is 2.23. The Morgan fingerprint density at radius 2 is 2.22 bits per heavy atom. The lowest BCUT2D eigenvalue weighted by atomic mass is 10.0. The van der Waals surface area contributed by atoms with Crippen LogP contribution in [-0.4, -0.2) is 19.7 Å². The third-order valence-corrected chi connectivity index (χ3v) is 3.57. The van der Waals surface area contributed by atoms with E-state index >= 15 is 0 Å². The highest BCUT2D eigenvalue weighted by atomic mass is 35.5. The summed E-state index contributed by atoms with van der Waals surface area (Å²) in [5.74, 6) is 0.767. The van der Waals surface area contributed by atoms with E-state index in [2.05, 4.69) is 5.32 Å². The van der Waals surface area contributed by atoms with Gasteiger partial charge in [0, 0.05) is 16.6 Å². The summed E-state index contributed by atoms with van der Waals surface area (Å²) < 4.78 is 5.72. The minimum Gasteiger partial charge on any atom is -0.492 e. The number of hydrogen-bond donors (Lipinski definition) is 2. The quantitative estimate of drug-likeness (QED) is 0.837. The molecule has 0 amide bonds. The number of nitrogens with two attached hydrogens (primary N) is 1. The van der Waals surface area contributed by atoms with Gasteiger partial charge >= 0.3 is 0 Å². The van der Waals surface area contributed by atoms with Crippen LogP contribution in [0.5, 0.6) is 5.75 Å². The van der Waals surface area contributed by atoms with Crippen LogP contribution in [0.15, 0.2) is 12.1 Å². The van der Waals surface area contributed by atoms with Crippen LogP contribution in [0.25, 0.3) is 0 Å². The molecule has 0 aliphatic carbocycles. The van der Waals surface area contributed by atoms with Gasteiger partial charge in [-0.3, -0.25) is 0 Å². The van der Waals surface area contributed by atoms with Crippen LogP contribution in [0.2, 0.25) is 10.0 Å². The first kappa shape index (κ1) is 13.9. The topological polar surface area (TPSA) is 47.3 Å². The molecule has 0 spiro atoms. The number of benzene rings is 1. The molecule has 0 saturated heterocycles. The fourth-order valence-electron chi connectivity index (χ4n) is 2.20. The summed E-state index contributed by atoms with van der Waals surface area (Å²) in [5.41, 5.74) is 6.57. The molecule has 0 bridgehead atoms. The average Bonchev–Trinajstić information content (AvgIpc) is 2.53. The second-order valence-electron chi connectivity index (χ2n) is 4.45. The third-order valence-electron chi connectivity index (χ3n) is 3.07. The SMILES string of the molecule is NCCCNC1CCCOc2c(Cl)cc(Cl)cc21. The van der Waals surface area contributed by atoms with Gasteiger partial charge in [0.2, 0.25) is 0 Å². The van der Waals surface area contributed by atoms with Crippen molar-refractivity contribution in [3.8, 4) is 5.75 Å². The third kappa shape index (κ3) is 3.29. The summed E-state index contributed by atoms with van der Waals surface area (Å²) in [6, 6.07) is 3.91. The maximum absolute atomic E-state index is 6.19. The Morgan fingerprint density at radius 3 is 3.00 bits per heavy atom. The van der Waals surface area contributed by atoms with E-state index in [1.54, 1.807) is 6.07 Å². The van der Waals surface area contributed by atoms with Crippen molar-refractivity contribution in [1.82, 2.24) is 5.32 Å². The molecule has 1 aliphatic rings. The largest absolute Gasteiger partial charge is 0.492 e. The number of hydrogen-bond acceptors (Lipinski definition) is 3. The van der Waals surface area contributed by atoms with E-state index in [0.717, 1.165) is 37.1 Å². The van der Waals surface area contributed by atoms with Crippen molar-refractivity contribution in [2.75, 3.05) is 19.7 Å². The first-order valence-electron chi connectivity index (χ1n) is 6.27. The molecule has 18 heavy (non-hydrogen) atoms. The molecule has 1 heterocycles. The fourth-order valence-corrected chi connectivity index (χ4v) is 2.76. The smallest absolute Gasteiger partial charge is 0.142 e. The zero-order chi connectivity index (χ0) is 13.0. The average molecular weight is 289 g/mol. The molecule has 0 aromatic heterocycles. The van der Waals surface area contributed by atoms with Crippen LogP contribution in [0.1, 0.15) is 30.9 Å². The van der Waals surface area contributed by atoms with E-state index in [9.17, 15) is 0 Å². The Hall–Kier alpha value is -0.480. The summed E-state index contributed by atoms with van der Waals surface area (Å²) in [6.07, 6.45) is 2.98. The Morgan fingerprint density at radius 1 is 1.39 bits per heavy atom. The monoisotopic (exact) mass is 288 g/mol. The molecule has 1 atom stereocenters. The van der Waals surface area contributed by atoms with Crippen molar-refractivity contribution in [1.29, 1.82) is 0 Å². The fraction of sp³-hybridized carbons (Fsp3) is 0.538. The number of fused-ring (bicyclic) bond motifs is 1. The van der Waals surface area contributed by atoms with Gasteiger partial charge in [-0.2, -0.15) is 0 Å². The van der Waals surface area contributed by atoms with Gasteiger partial charge in [-0.05, 0) is 44.5 Å². The zero-order valence-corrected chi connectivity index (χ0v) is 11.7. The van der Waals surface area contributed by atoms with Gasteiger partial charge < -0.3 is 15.8 Å². The van der Waals surface area contributed by atoms with Crippen LogP contribution < -0.4 is 15.8 Å². The maximum atomic E-state index is 6.19. The lowest BCUT2D eigenvalue weighted by Crippen LogP contribution is -2.24. The van der Waals surface area contributed by atoms with Gasteiger partial charge in [-0.1, -0.05) is 23.2 Å². The number of ether oxygens (including phenoxy) is 1. The van der Waals surface area contributed by atoms with E-state index in [1.165, 1.54) is 0 Å². The molecule has 2 rings (SSSR count). The first-order chi connectivity index (χ1) is 8.72. The molecule has 0 fully saturated rings. The van der Waals surface area contributed by atoms with Crippen molar-refractivity contribution in [3.05, 3.63) is 27.7 Å². The van der Waals surface area contributed by atoms with E-state index in [1.807, 2.05) is 6.07 Å². The number of halogens is 2. The number of rotatable bonds is 4. The van der Waals surface area contributed by atoms with E-state index in [-0.39, 0.29) is 6.04 Å². The Labute approximate surface area is 118 Å². The van der Waals surface area contributed by atoms with Crippen LogP contribution in [0.4, 0.5) is 0 Å². The van der Waals surface area contributed by atoms with Crippen LogP contribution in [-0.2, 0) is 0 Å². The van der Waals surface area contributed by atoms with Gasteiger partial charge in [-0.25, -0.2) is 0 Å². The van der Waals surface area contributed by atoms with Gasteiger partial charge in [0.25, 0.3) is 0 Å². The summed E-state index contributed by atoms with van der Waals surface area (Å²) in [5, 5.41) is 4.73. The molecule has 1 aromatic rings. The van der Waals surface area contributed by atoms with Crippen molar-refractivity contribution in [3.63, 3.8) is 0 Å². The van der Waals surface area contributed by atoms with Gasteiger partial charge in [-0.15, -0.1) is 0 Å². The highest BCUT2D eigenvalue weighted by molar-refractivity contribution is 6.35. The normalized spacial score (nSPS) is 18.9. The molecule has 1 aromatic carbocycles. The highest BCUT2D eigenvalue weighted by Crippen LogP contribution is 2.39. The number of nitrogens with one attached hydrogen (secondary N) is 1. The molecule has 0 saturated carbocycles. The second kappa shape index (κ2) is 6.62. The molecule has 3 nitrogen and oxygen atoms in total. The predicted octanol–water partition coefficient (Wildman–Crippen LogP) is 3.15. The predicted molar refractivity (Wildman–Crippen MR) is 75.6 cm³/mol. The molecule has 3 N–H and O–H groups in total. The molecular weight excluding hydrogens is 271 g/mol. The van der Waals surface area contributed by atoms with Crippen molar-refractivity contribution < 1.29 is 4.74 Å². The maximum Gasteiger partial charge on any atom is 0.142 e. The summed E-state index contributed by atoms with van der Waals surface area (Å²) in [4.78, 5) is 0. The molecule has 5 heteroatoms. The summed E-state index contributed by atoms with van der Waals surface area (Å²) >= 11 is 12.3. The van der Waals surface area contributed by atoms with Gasteiger partial charge in [0.05, 0.1) is 11.6 Å². The summed E-state index contributed by atoms with van der Waals surface area (Å²) in [7, 11) is 0. The molecule has 100 valence electrons. The summed E-state index contributed by atoms with van der Waals surface area (Å²) in [6.45, 7) is 2.29. The standard InChI is InChI=1S/C13H18Cl2N2O/c14-9-7-10-12(17-5-2-4-16)3-1-6-18-13(10)11(15)8-9/h7-8,12,17H,1-6,16H2. The minimum atomic E-state index is 0.241. The van der Waals surface area contributed by atoms with Crippen LogP contribution in [0.3, 0.4) is 0 Å². The minimum absolute atomic E-state index is 0.241. The highest BCUT2D eigenvalue weighted by Gasteiger charge is 2.22. The van der Waals surface area contributed by atoms with Crippen molar-refractivity contribution in [2.45, 2.75) is 25.3 Å². The van der Waals surface area contributed by atoms with E-state index < -0.39 is 0 Å². The first-order valence-corrected chi connectivity index (χ1v) is 7.03. The van der Waals surface area contributed by atoms with Crippen molar-refractivity contribution in [2.24, 2.45) is 5.73 Å². The van der Waals surface area contributed by atoms with Crippen LogP contribution >= 0.6 is 23.2 Å². The van der Waals surface area contributed by atoms with Gasteiger partial charge in [0.1, 0.15) is 5.75 Å². The second-order valence-corrected chi connectivity index (χ2v) is 5.29. The molecular formula is C13H18Cl2N2O. The Kier molecular flexibility index (Phi) is 5.13. The zero-order valence-electron chi connectivity index (χ0n) is 10.2. The molecule has 1 aliphatic heterocycles. The lowest BCUT2D eigenvalue weighted by Gasteiger charge is -2.19. The van der Waals surface area contributed by atoms with E-state index in [0.29, 0.717) is 23.2 Å². The Bertz CT molecular complexity index is 412. The van der Waals surface area contributed by atoms with Crippen molar-refractivity contribution >= 4 is 23.2 Å². The molecule has 1 unspecified atom stereocenters. The van der Waals surface area contributed by atoms with Crippen LogP contribution in [0, 0.1) is 0 Å². The van der Waals surface area contributed by atoms with E-state index in [4.69, 9.17) is 33.7 Å². The molecule has 0 radical (unpaired) electrons. The van der Waals surface area contributed by atoms with Gasteiger partial charge in [0.15, 0.2) is 0 Å².